The zero-order valence-electron chi connectivity index (χ0n) is 7.48. The van der Waals surface area contributed by atoms with Crippen LogP contribution < -0.4 is 5.73 Å². The van der Waals surface area contributed by atoms with Gasteiger partial charge in [0.05, 0.1) is 5.75 Å². The summed E-state index contributed by atoms with van der Waals surface area (Å²) in [6, 6.07) is 0. The lowest BCUT2D eigenvalue weighted by Crippen LogP contribution is -2.13. The number of nitrogens with one attached hydrogen (secondary N) is 1. The average Bonchev–Trinajstić information content (AvgIpc) is 2.32. The molecule has 0 aromatic carbocycles. The first kappa shape index (κ1) is 9.97. The molecule has 1 aromatic rings. The highest BCUT2D eigenvalue weighted by Crippen LogP contribution is 2.09. The molecule has 3 N–H and O–H groups in total. The van der Waals surface area contributed by atoms with E-state index in [9.17, 15) is 8.42 Å². The average molecular weight is 204 g/mol. The van der Waals surface area contributed by atoms with E-state index in [0.717, 1.165) is 0 Å². The zero-order valence-corrected chi connectivity index (χ0v) is 8.30. The first-order chi connectivity index (χ1) is 5.92. The Hall–Kier alpha value is -1.11. The summed E-state index contributed by atoms with van der Waals surface area (Å²) >= 11 is 0. The van der Waals surface area contributed by atoms with Crippen molar-refractivity contribution in [3.63, 3.8) is 0 Å². The maximum absolute atomic E-state index is 11.5. The predicted octanol–water partition coefficient (Wildman–Crippen LogP) is -0.183. The van der Waals surface area contributed by atoms with Gasteiger partial charge in [0.1, 0.15) is 0 Å². The minimum absolute atomic E-state index is 0.0433. The standard InChI is InChI=1S/C6H12N4O2S/c1-4(2)3-13(11,12)6-8-5(7)9-10-6/h4H,3H2,1-2H3,(H3,7,8,9,10). The van der Waals surface area contributed by atoms with Gasteiger partial charge in [-0.3, -0.25) is 0 Å². The van der Waals surface area contributed by atoms with E-state index in [2.05, 4.69) is 15.2 Å². The Morgan fingerprint density at radius 3 is 2.54 bits per heavy atom. The Bertz CT molecular complexity index is 381. The Kier molecular flexibility index (Phi) is 2.55. The first-order valence-electron chi connectivity index (χ1n) is 3.82. The monoisotopic (exact) mass is 204 g/mol. The number of nitrogens with two attached hydrogens (primary N) is 1. The molecule has 0 aliphatic rings. The second-order valence-electron chi connectivity index (χ2n) is 3.17. The van der Waals surface area contributed by atoms with Crippen LogP contribution in [0.1, 0.15) is 13.8 Å². The molecule has 0 amide bonds. The number of rotatable bonds is 3. The number of sulfone groups is 1. The molecular weight excluding hydrogens is 192 g/mol. The molecule has 7 heteroatoms. The van der Waals surface area contributed by atoms with Crippen LogP contribution in [0.2, 0.25) is 0 Å². The Balaban J connectivity index is 2.95. The second-order valence-corrected chi connectivity index (χ2v) is 5.12. The minimum Gasteiger partial charge on any atom is -0.366 e. The molecule has 1 aromatic heterocycles. The molecule has 0 aliphatic heterocycles. The third kappa shape index (κ3) is 2.41. The van der Waals surface area contributed by atoms with Gasteiger partial charge in [0.2, 0.25) is 20.9 Å². The molecule has 0 unspecified atom stereocenters. The normalized spacial score (nSPS) is 12.2. The van der Waals surface area contributed by atoms with Crippen LogP contribution in [0.15, 0.2) is 5.16 Å². The quantitative estimate of drug-likeness (QED) is 0.711. The predicted molar refractivity (Wildman–Crippen MR) is 47.7 cm³/mol. The van der Waals surface area contributed by atoms with Crippen molar-refractivity contribution < 1.29 is 8.42 Å². The lowest BCUT2D eigenvalue weighted by Gasteiger charge is -2.02. The molecule has 0 fully saturated rings. The van der Waals surface area contributed by atoms with Crippen molar-refractivity contribution >= 4 is 15.8 Å². The zero-order chi connectivity index (χ0) is 10.1. The summed E-state index contributed by atoms with van der Waals surface area (Å²) in [6.07, 6.45) is 0. The molecule has 6 nitrogen and oxygen atoms in total. The van der Waals surface area contributed by atoms with Crippen molar-refractivity contribution in [3.8, 4) is 0 Å². The molecule has 0 spiro atoms. The highest BCUT2D eigenvalue weighted by molar-refractivity contribution is 7.91. The van der Waals surface area contributed by atoms with Crippen LogP contribution >= 0.6 is 0 Å². The van der Waals surface area contributed by atoms with Crippen molar-refractivity contribution in [2.45, 2.75) is 19.0 Å². The number of H-pyrrole nitrogens is 1. The number of hydrogen-bond acceptors (Lipinski definition) is 5. The van der Waals surface area contributed by atoms with Crippen molar-refractivity contribution in [3.05, 3.63) is 0 Å². The number of anilines is 1. The van der Waals surface area contributed by atoms with E-state index >= 15 is 0 Å². The van der Waals surface area contributed by atoms with Crippen LogP contribution in [0.4, 0.5) is 5.95 Å². The van der Waals surface area contributed by atoms with Crippen LogP contribution in [-0.2, 0) is 9.84 Å². The number of aromatic nitrogens is 3. The summed E-state index contributed by atoms with van der Waals surface area (Å²) in [5.74, 6) is 0.0420. The Morgan fingerprint density at radius 2 is 2.15 bits per heavy atom. The van der Waals surface area contributed by atoms with E-state index in [0.29, 0.717) is 0 Å². The van der Waals surface area contributed by atoms with E-state index in [-0.39, 0.29) is 22.8 Å². The number of nitrogens with zero attached hydrogens (tertiary/aromatic N) is 2. The molecule has 0 aliphatic carbocycles. The Labute approximate surface area is 76.5 Å². The van der Waals surface area contributed by atoms with Crippen LogP contribution in [-0.4, -0.2) is 29.4 Å². The molecule has 0 saturated heterocycles. The van der Waals surface area contributed by atoms with E-state index in [1.165, 1.54) is 0 Å². The van der Waals surface area contributed by atoms with Crippen LogP contribution in [0, 0.1) is 5.92 Å². The molecular formula is C6H12N4O2S. The summed E-state index contributed by atoms with van der Waals surface area (Å²) in [4.78, 5) is 3.56. The van der Waals surface area contributed by atoms with E-state index in [4.69, 9.17) is 5.73 Å². The van der Waals surface area contributed by atoms with Gasteiger partial charge in [-0.2, -0.15) is 4.98 Å². The highest BCUT2D eigenvalue weighted by atomic mass is 32.2. The summed E-state index contributed by atoms with van der Waals surface area (Å²) in [5, 5.41) is 5.58. The number of hydrogen-bond donors (Lipinski definition) is 2. The molecule has 1 heterocycles. The molecule has 74 valence electrons. The lowest BCUT2D eigenvalue weighted by atomic mass is 10.3. The van der Waals surface area contributed by atoms with Crippen molar-refractivity contribution in [1.29, 1.82) is 0 Å². The molecule has 13 heavy (non-hydrogen) atoms. The minimum atomic E-state index is -3.35. The van der Waals surface area contributed by atoms with Gasteiger partial charge in [-0.1, -0.05) is 13.8 Å². The fourth-order valence-electron chi connectivity index (χ4n) is 0.916. The molecule has 0 saturated carbocycles. The highest BCUT2D eigenvalue weighted by Gasteiger charge is 2.20. The fourth-order valence-corrected chi connectivity index (χ4v) is 2.37. The molecule has 0 radical (unpaired) electrons. The summed E-state index contributed by atoms with van der Waals surface area (Å²) in [6.45, 7) is 3.63. The Morgan fingerprint density at radius 1 is 1.54 bits per heavy atom. The first-order valence-corrected chi connectivity index (χ1v) is 5.47. The van der Waals surface area contributed by atoms with Crippen molar-refractivity contribution in [2.24, 2.45) is 5.92 Å². The van der Waals surface area contributed by atoms with Gasteiger partial charge in [-0.25, -0.2) is 13.5 Å². The number of nitrogen functional groups attached to an aromatic ring is 1. The van der Waals surface area contributed by atoms with Gasteiger partial charge in [0, 0.05) is 0 Å². The number of aromatic amines is 1. The second kappa shape index (κ2) is 3.33. The van der Waals surface area contributed by atoms with Crippen molar-refractivity contribution in [1.82, 2.24) is 15.2 Å². The third-order valence-corrected chi connectivity index (χ3v) is 3.21. The van der Waals surface area contributed by atoms with Gasteiger partial charge in [0.25, 0.3) is 0 Å². The van der Waals surface area contributed by atoms with Crippen molar-refractivity contribution in [2.75, 3.05) is 11.5 Å². The smallest absolute Gasteiger partial charge is 0.244 e. The van der Waals surface area contributed by atoms with Crippen LogP contribution in [0.5, 0.6) is 0 Å². The topological polar surface area (TPSA) is 102 Å². The van der Waals surface area contributed by atoms with Crippen LogP contribution in [0.25, 0.3) is 0 Å². The summed E-state index contributed by atoms with van der Waals surface area (Å²) in [5.41, 5.74) is 5.19. The largest absolute Gasteiger partial charge is 0.366 e. The van der Waals surface area contributed by atoms with Gasteiger partial charge in [-0.05, 0) is 5.92 Å². The maximum Gasteiger partial charge on any atom is 0.244 e. The summed E-state index contributed by atoms with van der Waals surface area (Å²) in [7, 11) is -3.35. The van der Waals surface area contributed by atoms with E-state index < -0.39 is 9.84 Å². The third-order valence-electron chi connectivity index (χ3n) is 1.33. The van der Waals surface area contributed by atoms with Gasteiger partial charge >= 0.3 is 0 Å². The summed E-state index contributed by atoms with van der Waals surface area (Å²) < 4.78 is 22.9. The molecule has 0 bridgehead atoms. The van der Waals surface area contributed by atoms with Gasteiger partial charge in [-0.15, -0.1) is 5.10 Å². The van der Waals surface area contributed by atoms with E-state index in [1.807, 2.05) is 13.8 Å². The molecule has 1 rings (SSSR count). The maximum atomic E-state index is 11.5. The SMILES string of the molecule is CC(C)CS(=O)(=O)c1nc(N)n[nH]1. The van der Waals surface area contributed by atoms with E-state index in [1.54, 1.807) is 0 Å². The van der Waals surface area contributed by atoms with Crippen LogP contribution in [0.3, 0.4) is 0 Å². The fraction of sp³-hybridized carbons (Fsp3) is 0.667. The lowest BCUT2D eigenvalue weighted by molar-refractivity contribution is 0.574. The molecule has 0 atom stereocenters. The van der Waals surface area contributed by atoms with Gasteiger partial charge in [0.15, 0.2) is 0 Å². The van der Waals surface area contributed by atoms with Gasteiger partial charge < -0.3 is 5.73 Å².